The predicted octanol–water partition coefficient (Wildman–Crippen LogP) is 0.894. The first-order valence-corrected chi connectivity index (χ1v) is 8.02. The molecule has 0 aliphatic carbocycles. The molecule has 10 nitrogen and oxygen atoms in total. The average Bonchev–Trinajstić information content (AvgIpc) is 3.08. The van der Waals surface area contributed by atoms with Crippen molar-refractivity contribution in [1.29, 1.82) is 0 Å². The van der Waals surface area contributed by atoms with Gasteiger partial charge in [-0.25, -0.2) is 4.98 Å². The van der Waals surface area contributed by atoms with Crippen LogP contribution in [-0.2, 0) is 7.05 Å². The van der Waals surface area contributed by atoms with Gasteiger partial charge in [0.05, 0.1) is 6.20 Å². The highest BCUT2D eigenvalue weighted by atomic mass is 16.2. The Morgan fingerprint density at radius 2 is 1.81 bits per heavy atom. The minimum Gasteiger partial charge on any atom is -0.367 e. The fraction of sp³-hybridized carbons (Fsp3) is 0.250. The van der Waals surface area contributed by atoms with Gasteiger partial charge in [0.1, 0.15) is 11.6 Å². The molecule has 3 N–H and O–H groups in total. The van der Waals surface area contributed by atoms with Crippen LogP contribution in [0.2, 0.25) is 0 Å². The topological polar surface area (TPSA) is 123 Å². The summed E-state index contributed by atoms with van der Waals surface area (Å²) in [5.41, 5.74) is 1.38. The first kappa shape index (κ1) is 17.3. The summed E-state index contributed by atoms with van der Waals surface area (Å²) in [5, 5.41) is 24.5. The normalized spacial score (nSPS) is 10.4. The van der Waals surface area contributed by atoms with E-state index in [1.165, 1.54) is 4.68 Å². The lowest BCUT2D eigenvalue weighted by Gasteiger charge is -2.07. The van der Waals surface area contributed by atoms with Crippen molar-refractivity contribution in [2.24, 2.45) is 7.05 Å². The Labute approximate surface area is 150 Å². The van der Waals surface area contributed by atoms with Crippen LogP contribution >= 0.6 is 0 Å². The zero-order valence-corrected chi connectivity index (χ0v) is 14.5. The molecule has 0 aromatic carbocycles. The van der Waals surface area contributed by atoms with Crippen LogP contribution in [0.1, 0.15) is 16.1 Å². The smallest absolute Gasteiger partial charge is 0.273 e. The minimum absolute atomic E-state index is 0.267. The van der Waals surface area contributed by atoms with Gasteiger partial charge in [-0.1, -0.05) is 11.3 Å². The predicted molar refractivity (Wildman–Crippen MR) is 96.1 cm³/mol. The molecule has 0 saturated carbocycles. The van der Waals surface area contributed by atoms with Crippen molar-refractivity contribution < 1.29 is 4.79 Å². The van der Waals surface area contributed by atoms with Crippen LogP contribution in [0.3, 0.4) is 0 Å². The van der Waals surface area contributed by atoms with Crippen molar-refractivity contribution in [2.75, 3.05) is 23.7 Å². The Kier molecular flexibility index (Phi) is 5.32. The van der Waals surface area contributed by atoms with Gasteiger partial charge in [-0.05, 0) is 30.7 Å². The van der Waals surface area contributed by atoms with Crippen molar-refractivity contribution in [2.45, 2.75) is 6.92 Å². The summed E-state index contributed by atoms with van der Waals surface area (Å²) in [6.07, 6.45) is 3.34. The molecular weight excluding hydrogens is 334 g/mol. The molecule has 0 radical (unpaired) electrons. The van der Waals surface area contributed by atoms with Crippen molar-refractivity contribution in [3.8, 4) is 0 Å². The lowest BCUT2D eigenvalue weighted by Crippen LogP contribution is -2.29. The van der Waals surface area contributed by atoms with Gasteiger partial charge in [-0.15, -0.1) is 15.3 Å². The number of amides is 1. The summed E-state index contributed by atoms with van der Waals surface area (Å²) >= 11 is 0. The number of carbonyl (C=O) groups is 1. The Hall–Kier alpha value is -3.56. The Morgan fingerprint density at radius 1 is 1.04 bits per heavy atom. The Bertz CT molecular complexity index is 858. The molecule has 0 unspecified atom stereocenters. The second kappa shape index (κ2) is 8.01. The van der Waals surface area contributed by atoms with Crippen molar-refractivity contribution in [1.82, 2.24) is 35.5 Å². The number of anilines is 3. The molecule has 0 saturated heterocycles. The summed E-state index contributed by atoms with van der Waals surface area (Å²) in [7, 11) is 1.71. The molecule has 3 heterocycles. The van der Waals surface area contributed by atoms with Gasteiger partial charge >= 0.3 is 0 Å². The van der Waals surface area contributed by atoms with Crippen LogP contribution in [0.15, 0.2) is 36.7 Å². The molecule has 26 heavy (non-hydrogen) atoms. The Balaban J connectivity index is 1.42. The fourth-order valence-electron chi connectivity index (χ4n) is 2.07. The van der Waals surface area contributed by atoms with Gasteiger partial charge in [0, 0.05) is 26.3 Å². The summed E-state index contributed by atoms with van der Waals surface area (Å²) in [4.78, 5) is 16.1. The fourth-order valence-corrected chi connectivity index (χ4v) is 2.07. The minimum atomic E-state index is -0.267. The summed E-state index contributed by atoms with van der Waals surface area (Å²) in [6.45, 7) is 2.91. The van der Waals surface area contributed by atoms with E-state index in [-0.39, 0.29) is 11.6 Å². The van der Waals surface area contributed by atoms with E-state index in [0.717, 1.165) is 5.56 Å². The maximum absolute atomic E-state index is 11.8. The number of carbonyl (C=O) groups excluding carboxylic acids is 1. The highest BCUT2D eigenvalue weighted by molar-refractivity contribution is 5.91. The number of rotatable bonds is 7. The van der Waals surface area contributed by atoms with Gasteiger partial charge in [0.2, 0.25) is 0 Å². The number of aromatic nitrogens is 6. The quantitative estimate of drug-likeness (QED) is 0.535. The average molecular weight is 353 g/mol. The monoisotopic (exact) mass is 353 g/mol. The number of nitrogens with zero attached hydrogens (tertiary/aromatic N) is 6. The standard InChI is InChI=1S/C16H19N9O/c1-11-3-4-13(19-9-11)20-15-6-5-14(22-23-15)17-7-8-18-16(26)12-10-25(2)24-21-12/h3-6,9-10H,7-8H2,1-2H3,(H,17,22)(H,18,26)(H,19,20,23). The van der Waals surface area contributed by atoms with E-state index in [2.05, 4.69) is 41.4 Å². The third-order valence-electron chi connectivity index (χ3n) is 3.38. The number of hydrogen-bond acceptors (Lipinski definition) is 8. The van der Waals surface area contributed by atoms with Crippen LogP contribution in [-0.4, -0.2) is 49.2 Å². The van der Waals surface area contributed by atoms with Gasteiger partial charge in [0.25, 0.3) is 5.91 Å². The number of hydrogen-bond donors (Lipinski definition) is 3. The molecule has 3 rings (SSSR count). The van der Waals surface area contributed by atoms with Crippen molar-refractivity contribution in [3.05, 3.63) is 47.9 Å². The molecule has 10 heteroatoms. The SMILES string of the molecule is Cc1ccc(Nc2ccc(NCCNC(=O)c3cn(C)nn3)nn2)nc1. The van der Waals surface area contributed by atoms with Gasteiger partial charge < -0.3 is 16.0 Å². The van der Waals surface area contributed by atoms with Gasteiger partial charge in [-0.3, -0.25) is 9.48 Å². The maximum Gasteiger partial charge on any atom is 0.273 e. The zero-order chi connectivity index (χ0) is 18.4. The van der Waals surface area contributed by atoms with E-state index in [1.807, 2.05) is 19.1 Å². The van der Waals surface area contributed by atoms with E-state index < -0.39 is 0 Å². The number of nitrogens with one attached hydrogen (secondary N) is 3. The van der Waals surface area contributed by atoms with Crippen LogP contribution in [0.4, 0.5) is 17.5 Å². The highest BCUT2D eigenvalue weighted by Crippen LogP contribution is 2.12. The first-order valence-electron chi connectivity index (χ1n) is 8.02. The summed E-state index contributed by atoms with van der Waals surface area (Å²) < 4.78 is 1.48. The van der Waals surface area contributed by atoms with E-state index in [0.29, 0.717) is 30.5 Å². The van der Waals surface area contributed by atoms with Crippen LogP contribution < -0.4 is 16.0 Å². The molecular formula is C16H19N9O. The van der Waals surface area contributed by atoms with Crippen LogP contribution in [0.25, 0.3) is 0 Å². The molecule has 3 aromatic heterocycles. The third-order valence-corrected chi connectivity index (χ3v) is 3.38. The summed E-state index contributed by atoms with van der Waals surface area (Å²) in [5.74, 6) is 1.65. The maximum atomic E-state index is 11.8. The van der Waals surface area contributed by atoms with E-state index in [4.69, 9.17) is 0 Å². The molecule has 0 spiro atoms. The third kappa shape index (κ3) is 4.72. The van der Waals surface area contributed by atoms with Crippen LogP contribution in [0, 0.1) is 6.92 Å². The van der Waals surface area contributed by atoms with Crippen molar-refractivity contribution in [3.63, 3.8) is 0 Å². The van der Waals surface area contributed by atoms with Gasteiger partial charge in [-0.2, -0.15) is 0 Å². The largest absolute Gasteiger partial charge is 0.367 e. The second-order valence-electron chi connectivity index (χ2n) is 5.61. The molecule has 0 aliphatic rings. The number of aryl methyl sites for hydroxylation is 2. The Morgan fingerprint density at radius 3 is 2.46 bits per heavy atom. The zero-order valence-electron chi connectivity index (χ0n) is 14.5. The van der Waals surface area contributed by atoms with Gasteiger partial charge in [0.15, 0.2) is 11.5 Å². The van der Waals surface area contributed by atoms with Crippen molar-refractivity contribution >= 4 is 23.4 Å². The molecule has 0 atom stereocenters. The molecule has 1 amide bonds. The van der Waals surface area contributed by atoms with E-state index >= 15 is 0 Å². The lowest BCUT2D eigenvalue weighted by atomic mass is 10.3. The van der Waals surface area contributed by atoms with E-state index in [9.17, 15) is 4.79 Å². The first-order chi connectivity index (χ1) is 12.6. The highest BCUT2D eigenvalue weighted by Gasteiger charge is 2.08. The lowest BCUT2D eigenvalue weighted by molar-refractivity contribution is 0.0950. The molecule has 134 valence electrons. The molecule has 0 fully saturated rings. The molecule has 3 aromatic rings. The molecule has 0 aliphatic heterocycles. The van der Waals surface area contributed by atoms with E-state index in [1.54, 1.807) is 31.6 Å². The number of pyridine rings is 1. The van der Waals surface area contributed by atoms with Crippen LogP contribution in [0.5, 0.6) is 0 Å². The molecule has 0 bridgehead atoms. The second-order valence-corrected chi connectivity index (χ2v) is 5.61. The summed E-state index contributed by atoms with van der Waals surface area (Å²) in [6, 6.07) is 7.44.